The van der Waals surface area contributed by atoms with Gasteiger partial charge in [0, 0.05) is 39.3 Å². The van der Waals surface area contributed by atoms with Crippen molar-refractivity contribution < 1.29 is 18.7 Å². The second-order valence-corrected chi connectivity index (χ2v) is 6.75. The second-order valence-electron chi connectivity index (χ2n) is 6.75. The van der Waals surface area contributed by atoms with Crippen molar-refractivity contribution in [2.75, 3.05) is 50.8 Å². The predicted molar refractivity (Wildman–Crippen MR) is 96.5 cm³/mol. The third-order valence-electron chi connectivity index (χ3n) is 5.08. The number of anilines is 1. The number of amides is 2. The van der Waals surface area contributed by atoms with Crippen molar-refractivity contribution >= 4 is 17.7 Å². The molecule has 2 fully saturated rings. The first-order chi connectivity index (χ1) is 12.6. The summed E-state index contributed by atoms with van der Waals surface area (Å²) in [7, 11) is 0. The SMILES string of the molecule is CCOC(=O)N1CCCC(C(=O)N2CCN(c3ccccc3F)CC2)C1. The summed E-state index contributed by atoms with van der Waals surface area (Å²) in [5.41, 5.74) is 0.589. The molecule has 26 heavy (non-hydrogen) atoms. The van der Waals surface area contributed by atoms with Gasteiger partial charge in [0.15, 0.2) is 0 Å². The molecule has 7 heteroatoms. The third kappa shape index (κ3) is 4.08. The average molecular weight is 363 g/mol. The first kappa shape index (κ1) is 18.5. The molecule has 3 rings (SSSR count). The molecule has 0 saturated carbocycles. The molecule has 142 valence electrons. The summed E-state index contributed by atoms with van der Waals surface area (Å²) in [5.74, 6) is -0.315. The number of hydrogen-bond donors (Lipinski definition) is 0. The summed E-state index contributed by atoms with van der Waals surface area (Å²) >= 11 is 0. The number of benzene rings is 1. The summed E-state index contributed by atoms with van der Waals surface area (Å²) in [4.78, 5) is 30.2. The van der Waals surface area contributed by atoms with Crippen molar-refractivity contribution in [3.8, 4) is 0 Å². The molecule has 0 spiro atoms. The smallest absolute Gasteiger partial charge is 0.409 e. The first-order valence-electron chi connectivity index (χ1n) is 9.30. The minimum Gasteiger partial charge on any atom is -0.450 e. The van der Waals surface area contributed by atoms with E-state index in [1.165, 1.54) is 6.07 Å². The van der Waals surface area contributed by atoms with E-state index in [0.29, 0.717) is 51.6 Å². The van der Waals surface area contributed by atoms with Crippen molar-refractivity contribution in [3.63, 3.8) is 0 Å². The minimum absolute atomic E-state index is 0.0900. The van der Waals surface area contributed by atoms with Gasteiger partial charge < -0.3 is 19.4 Å². The van der Waals surface area contributed by atoms with Crippen molar-refractivity contribution in [3.05, 3.63) is 30.1 Å². The third-order valence-corrected chi connectivity index (χ3v) is 5.08. The molecule has 0 N–H and O–H groups in total. The summed E-state index contributed by atoms with van der Waals surface area (Å²) in [6.07, 6.45) is 1.27. The lowest BCUT2D eigenvalue weighted by Gasteiger charge is -2.39. The molecule has 2 heterocycles. The number of para-hydroxylation sites is 1. The van der Waals surface area contributed by atoms with Gasteiger partial charge in [-0.2, -0.15) is 0 Å². The van der Waals surface area contributed by atoms with Crippen LogP contribution in [-0.2, 0) is 9.53 Å². The fraction of sp³-hybridized carbons (Fsp3) is 0.579. The van der Waals surface area contributed by atoms with Crippen LogP contribution >= 0.6 is 0 Å². The van der Waals surface area contributed by atoms with Crippen molar-refractivity contribution in [1.29, 1.82) is 0 Å². The van der Waals surface area contributed by atoms with Crippen LogP contribution in [0.5, 0.6) is 0 Å². The highest BCUT2D eigenvalue weighted by Crippen LogP contribution is 2.23. The fourth-order valence-corrected chi connectivity index (χ4v) is 3.69. The van der Waals surface area contributed by atoms with E-state index < -0.39 is 0 Å². The van der Waals surface area contributed by atoms with E-state index in [4.69, 9.17) is 4.74 Å². The van der Waals surface area contributed by atoms with E-state index in [2.05, 4.69) is 0 Å². The average Bonchev–Trinajstić information content (AvgIpc) is 2.68. The van der Waals surface area contributed by atoms with Gasteiger partial charge in [0.25, 0.3) is 0 Å². The Kier molecular flexibility index (Phi) is 5.96. The lowest BCUT2D eigenvalue weighted by molar-refractivity contribution is -0.137. The monoisotopic (exact) mass is 363 g/mol. The molecule has 1 aromatic carbocycles. The number of piperazine rings is 1. The molecule has 1 atom stereocenters. The Labute approximate surface area is 153 Å². The molecule has 0 aromatic heterocycles. The van der Waals surface area contributed by atoms with Gasteiger partial charge >= 0.3 is 6.09 Å². The number of carbonyl (C=O) groups excluding carboxylic acids is 2. The zero-order chi connectivity index (χ0) is 18.5. The van der Waals surface area contributed by atoms with Crippen LogP contribution < -0.4 is 4.90 Å². The van der Waals surface area contributed by atoms with Gasteiger partial charge in [0.1, 0.15) is 5.82 Å². The molecule has 2 aliphatic heterocycles. The predicted octanol–water partition coefficient (Wildman–Crippen LogP) is 2.34. The summed E-state index contributed by atoms with van der Waals surface area (Å²) in [6, 6.07) is 6.73. The van der Waals surface area contributed by atoms with Gasteiger partial charge in [-0.05, 0) is 31.9 Å². The summed E-state index contributed by atoms with van der Waals surface area (Å²) < 4.78 is 19.0. The number of carbonyl (C=O) groups is 2. The standard InChI is InChI=1S/C19H26FN3O3/c1-2-26-19(25)23-9-5-6-15(14-23)18(24)22-12-10-21(11-13-22)17-8-4-3-7-16(17)20/h3-4,7-8,15H,2,5-6,9-14H2,1H3. The Balaban J connectivity index is 1.55. The molecule has 2 aliphatic rings. The van der Waals surface area contributed by atoms with Crippen molar-refractivity contribution in [1.82, 2.24) is 9.80 Å². The molecule has 0 bridgehead atoms. The van der Waals surface area contributed by atoms with Gasteiger partial charge in [0.2, 0.25) is 5.91 Å². The van der Waals surface area contributed by atoms with E-state index in [-0.39, 0.29) is 23.7 Å². The van der Waals surface area contributed by atoms with Crippen LogP contribution in [0.4, 0.5) is 14.9 Å². The van der Waals surface area contributed by atoms with Gasteiger partial charge in [-0.3, -0.25) is 4.79 Å². The first-order valence-corrected chi connectivity index (χ1v) is 9.30. The Morgan fingerprint density at radius 3 is 2.54 bits per heavy atom. The highest BCUT2D eigenvalue weighted by atomic mass is 19.1. The summed E-state index contributed by atoms with van der Waals surface area (Å²) in [6.45, 7) is 5.55. The number of nitrogens with zero attached hydrogens (tertiary/aromatic N) is 3. The van der Waals surface area contributed by atoms with Gasteiger partial charge in [-0.15, -0.1) is 0 Å². The van der Waals surface area contributed by atoms with E-state index >= 15 is 0 Å². The lowest BCUT2D eigenvalue weighted by atomic mass is 9.96. The van der Waals surface area contributed by atoms with Crippen LogP contribution in [0, 0.1) is 11.7 Å². The fourth-order valence-electron chi connectivity index (χ4n) is 3.69. The zero-order valence-corrected chi connectivity index (χ0v) is 15.2. The number of piperidine rings is 1. The van der Waals surface area contributed by atoms with Gasteiger partial charge in [-0.1, -0.05) is 12.1 Å². The molecule has 0 radical (unpaired) electrons. The van der Waals surface area contributed by atoms with Crippen LogP contribution in [-0.4, -0.2) is 67.7 Å². The molecule has 0 aliphatic carbocycles. The number of halogens is 1. The topological polar surface area (TPSA) is 53.1 Å². The normalized spacial score (nSPS) is 20.8. The zero-order valence-electron chi connectivity index (χ0n) is 15.2. The van der Waals surface area contributed by atoms with Crippen LogP contribution in [0.25, 0.3) is 0 Å². The number of likely N-dealkylation sites (tertiary alicyclic amines) is 1. The molecule has 6 nitrogen and oxygen atoms in total. The maximum atomic E-state index is 13.9. The van der Waals surface area contributed by atoms with E-state index in [1.807, 2.05) is 15.9 Å². The molecule has 2 saturated heterocycles. The van der Waals surface area contributed by atoms with E-state index in [1.54, 1.807) is 24.0 Å². The van der Waals surface area contributed by atoms with Crippen LogP contribution in [0.15, 0.2) is 24.3 Å². The molecular weight excluding hydrogens is 337 g/mol. The largest absolute Gasteiger partial charge is 0.450 e. The van der Waals surface area contributed by atoms with Gasteiger partial charge in [0.05, 0.1) is 18.2 Å². The van der Waals surface area contributed by atoms with Crippen LogP contribution in [0.2, 0.25) is 0 Å². The number of hydrogen-bond acceptors (Lipinski definition) is 4. The van der Waals surface area contributed by atoms with Crippen molar-refractivity contribution in [2.24, 2.45) is 5.92 Å². The molecule has 1 aromatic rings. The van der Waals surface area contributed by atoms with Gasteiger partial charge in [-0.25, -0.2) is 9.18 Å². The number of ether oxygens (including phenoxy) is 1. The molecule has 1 unspecified atom stereocenters. The van der Waals surface area contributed by atoms with Crippen LogP contribution in [0.1, 0.15) is 19.8 Å². The maximum absolute atomic E-state index is 13.9. The minimum atomic E-state index is -0.339. The lowest BCUT2D eigenvalue weighted by Crippen LogP contribution is -2.53. The number of rotatable bonds is 3. The summed E-state index contributed by atoms with van der Waals surface area (Å²) in [5, 5.41) is 0. The highest BCUT2D eigenvalue weighted by Gasteiger charge is 2.33. The van der Waals surface area contributed by atoms with E-state index in [0.717, 1.165) is 12.8 Å². The quantitative estimate of drug-likeness (QED) is 0.827. The highest BCUT2D eigenvalue weighted by molar-refractivity contribution is 5.80. The molecular formula is C19H26FN3O3. The Hall–Kier alpha value is -2.31. The maximum Gasteiger partial charge on any atom is 0.409 e. The Bertz CT molecular complexity index is 647. The Morgan fingerprint density at radius 1 is 1.12 bits per heavy atom. The molecule has 2 amide bonds. The Morgan fingerprint density at radius 2 is 1.85 bits per heavy atom. The second kappa shape index (κ2) is 8.38. The van der Waals surface area contributed by atoms with Crippen molar-refractivity contribution in [2.45, 2.75) is 19.8 Å². The van der Waals surface area contributed by atoms with Crippen LogP contribution in [0.3, 0.4) is 0 Å². The van der Waals surface area contributed by atoms with E-state index in [9.17, 15) is 14.0 Å².